The van der Waals surface area contributed by atoms with Gasteiger partial charge in [0, 0.05) is 23.7 Å². The monoisotopic (exact) mass is 383 g/mol. The number of nitro benzene ring substituents is 1. The van der Waals surface area contributed by atoms with Crippen molar-refractivity contribution < 1.29 is 14.5 Å². The average molecular weight is 383 g/mol. The molecule has 2 aromatic carbocycles. The Labute approximate surface area is 161 Å². The van der Waals surface area contributed by atoms with Crippen molar-refractivity contribution in [3.63, 3.8) is 0 Å². The highest BCUT2D eigenvalue weighted by atomic mass is 16.6. The van der Waals surface area contributed by atoms with E-state index in [1.54, 1.807) is 12.1 Å². The van der Waals surface area contributed by atoms with Crippen LogP contribution >= 0.6 is 0 Å². The minimum Gasteiger partial charge on any atom is -0.494 e. The number of carbonyl (C=O) groups excluding carboxylic acids is 1. The molecule has 2 unspecified atom stereocenters. The third-order valence-electron chi connectivity index (χ3n) is 4.28. The number of nitro groups is 1. The Balaban J connectivity index is 1.53. The molecule has 0 radical (unpaired) electrons. The lowest BCUT2D eigenvalue weighted by Crippen LogP contribution is -2.41. The molecule has 0 spiro atoms. The van der Waals surface area contributed by atoms with Crippen LogP contribution < -0.4 is 21.0 Å². The highest BCUT2D eigenvalue weighted by molar-refractivity contribution is 5.85. The molecule has 0 bridgehead atoms. The maximum absolute atomic E-state index is 12.3. The second-order valence-electron chi connectivity index (χ2n) is 6.22. The fourth-order valence-corrected chi connectivity index (χ4v) is 2.88. The van der Waals surface area contributed by atoms with Crippen molar-refractivity contribution in [1.29, 1.82) is 0 Å². The van der Waals surface area contributed by atoms with E-state index in [1.165, 1.54) is 18.3 Å². The molecule has 1 fully saturated rings. The fraction of sp³-hybridized carbons (Fsp3) is 0.263. The van der Waals surface area contributed by atoms with Crippen LogP contribution in [0.4, 0.5) is 5.69 Å². The topological polar surface area (TPSA) is 118 Å². The van der Waals surface area contributed by atoms with E-state index >= 15 is 0 Å². The molecule has 2 atom stereocenters. The molecule has 1 saturated heterocycles. The number of ether oxygens (including phenoxy) is 1. The number of benzene rings is 2. The van der Waals surface area contributed by atoms with Gasteiger partial charge in [-0.05, 0) is 31.0 Å². The number of carbonyl (C=O) groups is 1. The second-order valence-corrected chi connectivity index (χ2v) is 6.22. The van der Waals surface area contributed by atoms with Crippen LogP contribution in [0, 0.1) is 10.1 Å². The van der Waals surface area contributed by atoms with Crippen LogP contribution in [0.25, 0.3) is 0 Å². The van der Waals surface area contributed by atoms with E-state index in [-0.39, 0.29) is 17.6 Å². The van der Waals surface area contributed by atoms with E-state index in [0.717, 1.165) is 11.3 Å². The molecule has 0 aromatic heterocycles. The molecule has 1 aliphatic heterocycles. The van der Waals surface area contributed by atoms with Crippen LogP contribution in [-0.2, 0) is 4.79 Å². The summed E-state index contributed by atoms with van der Waals surface area (Å²) < 4.78 is 5.43. The van der Waals surface area contributed by atoms with Gasteiger partial charge in [-0.2, -0.15) is 5.10 Å². The molecule has 0 saturated carbocycles. The first-order valence-electron chi connectivity index (χ1n) is 8.88. The summed E-state index contributed by atoms with van der Waals surface area (Å²) in [6, 6.07) is 13.3. The standard InChI is InChI=1S/C19H21N5O4/c1-2-28-16-8-6-14(7-9-16)17-11-18(22-21-17)19(25)23-20-12-13-4-3-5-15(10-13)24(26)27/h3-10,12,17-18,21-22H,2,11H2,1H3,(H,23,25)/b20-12+. The first-order chi connectivity index (χ1) is 13.6. The van der Waals surface area contributed by atoms with Gasteiger partial charge in [-0.3, -0.25) is 14.9 Å². The van der Waals surface area contributed by atoms with Gasteiger partial charge < -0.3 is 4.74 Å². The Hall–Kier alpha value is -3.30. The molecule has 9 nitrogen and oxygen atoms in total. The summed E-state index contributed by atoms with van der Waals surface area (Å²) in [4.78, 5) is 22.6. The second kappa shape index (κ2) is 9.07. The molecule has 28 heavy (non-hydrogen) atoms. The van der Waals surface area contributed by atoms with Gasteiger partial charge in [-0.15, -0.1) is 0 Å². The van der Waals surface area contributed by atoms with E-state index in [1.807, 2.05) is 31.2 Å². The maximum atomic E-state index is 12.3. The number of nitrogens with one attached hydrogen (secondary N) is 3. The lowest BCUT2D eigenvalue weighted by Gasteiger charge is -2.10. The Morgan fingerprint density at radius 1 is 1.32 bits per heavy atom. The van der Waals surface area contributed by atoms with Crippen molar-refractivity contribution in [2.75, 3.05) is 6.61 Å². The van der Waals surface area contributed by atoms with Crippen molar-refractivity contribution in [2.45, 2.75) is 25.4 Å². The summed E-state index contributed by atoms with van der Waals surface area (Å²) >= 11 is 0. The van der Waals surface area contributed by atoms with Crippen molar-refractivity contribution in [3.8, 4) is 5.75 Å². The lowest BCUT2D eigenvalue weighted by molar-refractivity contribution is -0.384. The lowest BCUT2D eigenvalue weighted by atomic mass is 10.0. The predicted molar refractivity (Wildman–Crippen MR) is 104 cm³/mol. The first kappa shape index (κ1) is 19.5. The molecule has 1 amide bonds. The Morgan fingerprint density at radius 3 is 2.82 bits per heavy atom. The molecule has 146 valence electrons. The first-order valence-corrected chi connectivity index (χ1v) is 8.88. The molecule has 2 aromatic rings. The zero-order valence-electron chi connectivity index (χ0n) is 15.3. The molecular formula is C19H21N5O4. The number of rotatable bonds is 7. The van der Waals surface area contributed by atoms with Crippen LogP contribution in [0.2, 0.25) is 0 Å². The normalized spacial score (nSPS) is 18.9. The van der Waals surface area contributed by atoms with E-state index < -0.39 is 11.0 Å². The van der Waals surface area contributed by atoms with Crippen LogP contribution in [0.5, 0.6) is 5.75 Å². The van der Waals surface area contributed by atoms with E-state index in [4.69, 9.17) is 4.74 Å². The van der Waals surface area contributed by atoms with Gasteiger partial charge >= 0.3 is 0 Å². The van der Waals surface area contributed by atoms with Crippen molar-refractivity contribution in [3.05, 3.63) is 69.8 Å². The third kappa shape index (κ3) is 4.90. The summed E-state index contributed by atoms with van der Waals surface area (Å²) in [5, 5.41) is 14.7. The number of hydrazine groups is 1. The Morgan fingerprint density at radius 2 is 2.11 bits per heavy atom. The van der Waals surface area contributed by atoms with Gasteiger partial charge in [0.1, 0.15) is 11.8 Å². The largest absolute Gasteiger partial charge is 0.494 e. The van der Waals surface area contributed by atoms with Gasteiger partial charge in [0.25, 0.3) is 11.6 Å². The maximum Gasteiger partial charge on any atom is 0.270 e. The molecule has 3 rings (SSSR count). The Bertz CT molecular complexity index is 869. The van der Waals surface area contributed by atoms with Gasteiger partial charge in [-0.1, -0.05) is 24.3 Å². The summed E-state index contributed by atoms with van der Waals surface area (Å²) in [5.41, 5.74) is 10.1. The third-order valence-corrected chi connectivity index (χ3v) is 4.28. The number of hydrazone groups is 1. The van der Waals surface area contributed by atoms with Gasteiger partial charge in [-0.25, -0.2) is 16.3 Å². The van der Waals surface area contributed by atoms with Crippen molar-refractivity contribution in [1.82, 2.24) is 16.3 Å². The number of non-ortho nitro benzene ring substituents is 1. The average Bonchev–Trinajstić information content (AvgIpc) is 3.19. The van der Waals surface area contributed by atoms with E-state index in [2.05, 4.69) is 21.4 Å². The summed E-state index contributed by atoms with van der Waals surface area (Å²) in [5.74, 6) is 0.518. The van der Waals surface area contributed by atoms with Crippen LogP contribution in [-0.4, -0.2) is 29.7 Å². The van der Waals surface area contributed by atoms with Gasteiger partial charge in [0.2, 0.25) is 0 Å². The number of hydrogen-bond donors (Lipinski definition) is 3. The Kier molecular flexibility index (Phi) is 6.30. The van der Waals surface area contributed by atoms with Gasteiger partial charge in [0.05, 0.1) is 17.7 Å². The molecule has 1 heterocycles. The summed E-state index contributed by atoms with van der Waals surface area (Å²) in [7, 11) is 0. The molecular weight excluding hydrogens is 362 g/mol. The minimum atomic E-state index is -0.481. The molecule has 3 N–H and O–H groups in total. The van der Waals surface area contributed by atoms with Crippen molar-refractivity contribution >= 4 is 17.8 Å². The number of hydrogen-bond acceptors (Lipinski definition) is 7. The zero-order valence-corrected chi connectivity index (χ0v) is 15.3. The van der Waals surface area contributed by atoms with Crippen LogP contribution in [0.3, 0.4) is 0 Å². The zero-order chi connectivity index (χ0) is 19.9. The minimum absolute atomic E-state index is 0.00724. The van der Waals surface area contributed by atoms with E-state index in [9.17, 15) is 14.9 Å². The molecule has 0 aliphatic carbocycles. The van der Waals surface area contributed by atoms with E-state index in [0.29, 0.717) is 18.6 Å². The molecule has 9 heteroatoms. The SMILES string of the molecule is CCOc1ccc(C2CC(C(=O)N/N=C/c3cccc([N+](=O)[O-])c3)NN2)cc1. The highest BCUT2D eigenvalue weighted by Gasteiger charge is 2.30. The van der Waals surface area contributed by atoms with Crippen LogP contribution in [0.1, 0.15) is 30.5 Å². The smallest absolute Gasteiger partial charge is 0.270 e. The van der Waals surface area contributed by atoms with Crippen LogP contribution in [0.15, 0.2) is 53.6 Å². The quantitative estimate of drug-likeness (QED) is 0.383. The van der Waals surface area contributed by atoms with Crippen molar-refractivity contribution in [2.24, 2.45) is 5.10 Å². The summed E-state index contributed by atoms with van der Waals surface area (Å²) in [6.07, 6.45) is 1.93. The number of amides is 1. The fourth-order valence-electron chi connectivity index (χ4n) is 2.88. The molecule has 1 aliphatic rings. The number of nitrogens with zero attached hydrogens (tertiary/aromatic N) is 2. The summed E-state index contributed by atoms with van der Waals surface area (Å²) in [6.45, 7) is 2.54. The predicted octanol–water partition coefficient (Wildman–Crippen LogP) is 2.05. The highest BCUT2D eigenvalue weighted by Crippen LogP contribution is 2.24. The van der Waals surface area contributed by atoms with Gasteiger partial charge in [0.15, 0.2) is 0 Å².